The number of aryl methyl sites for hydroxylation is 1. The third-order valence-corrected chi connectivity index (χ3v) is 5.91. The Kier molecular flexibility index (Phi) is 7.33. The van der Waals surface area contributed by atoms with Crippen LogP contribution in [0.15, 0.2) is 54.6 Å². The Labute approximate surface area is 185 Å². The molecule has 0 spiro atoms. The zero-order valence-electron chi connectivity index (χ0n) is 18.9. The summed E-state index contributed by atoms with van der Waals surface area (Å²) in [7, 11) is 3.73. The molecular formula is C25H33N3O3. The first-order valence-electron chi connectivity index (χ1n) is 10.8. The number of benzene rings is 2. The van der Waals surface area contributed by atoms with Crippen LogP contribution in [0.3, 0.4) is 0 Å². The van der Waals surface area contributed by atoms with Crippen molar-refractivity contribution in [3.8, 4) is 5.75 Å². The van der Waals surface area contributed by atoms with Crippen molar-refractivity contribution in [2.45, 2.75) is 38.3 Å². The van der Waals surface area contributed by atoms with E-state index >= 15 is 0 Å². The van der Waals surface area contributed by atoms with E-state index in [0.29, 0.717) is 25.9 Å². The summed E-state index contributed by atoms with van der Waals surface area (Å²) in [5, 5.41) is 2.94. The average molecular weight is 424 g/mol. The lowest BCUT2D eigenvalue weighted by Crippen LogP contribution is -2.59. The van der Waals surface area contributed by atoms with Gasteiger partial charge < -0.3 is 15.0 Å². The smallest absolute Gasteiger partial charge is 0.247 e. The van der Waals surface area contributed by atoms with Gasteiger partial charge in [-0.05, 0) is 50.6 Å². The molecule has 0 radical (unpaired) electrons. The second-order valence-corrected chi connectivity index (χ2v) is 8.68. The molecule has 6 heteroatoms. The number of carbonyl (C=O) groups is 2. The lowest BCUT2D eigenvalue weighted by molar-refractivity contribution is -0.142. The molecule has 1 aliphatic rings. The van der Waals surface area contributed by atoms with Crippen LogP contribution in [0.2, 0.25) is 0 Å². The maximum atomic E-state index is 13.3. The fraction of sp³-hybridized carbons (Fsp3) is 0.440. The highest BCUT2D eigenvalue weighted by atomic mass is 16.5. The van der Waals surface area contributed by atoms with E-state index in [9.17, 15) is 9.59 Å². The van der Waals surface area contributed by atoms with Gasteiger partial charge in [-0.15, -0.1) is 0 Å². The van der Waals surface area contributed by atoms with Crippen LogP contribution >= 0.6 is 0 Å². The lowest BCUT2D eigenvalue weighted by Gasteiger charge is -2.42. The molecule has 0 unspecified atom stereocenters. The minimum atomic E-state index is -0.950. The molecule has 2 aromatic carbocycles. The third-order valence-electron chi connectivity index (χ3n) is 5.91. The first-order valence-corrected chi connectivity index (χ1v) is 10.8. The van der Waals surface area contributed by atoms with E-state index in [2.05, 4.69) is 17.3 Å². The molecule has 1 saturated heterocycles. The van der Waals surface area contributed by atoms with Crippen molar-refractivity contribution in [1.82, 2.24) is 15.1 Å². The zero-order chi connectivity index (χ0) is 22.4. The number of rotatable bonds is 7. The van der Waals surface area contributed by atoms with Crippen molar-refractivity contribution >= 4 is 11.8 Å². The van der Waals surface area contributed by atoms with Crippen LogP contribution < -0.4 is 10.1 Å². The second-order valence-electron chi connectivity index (χ2n) is 8.68. The van der Waals surface area contributed by atoms with Crippen LogP contribution in [-0.4, -0.2) is 60.9 Å². The number of hydrogen-bond donors (Lipinski definition) is 1. The normalized spacial score (nSPS) is 17.3. The van der Waals surface area contributed by atoms with Crippen LogP contribution in [-0.2, 0) is 16.0 Å². The van der Waals surface area contributed by atoms with Gasteiger partial charge >= 0.3 is 0 Å². The fourth-order valence-electron chi connectivity index (χ4n) is 4.01. The summed E-state index contributed by atoms with van der Waals surface area (Å²) in [6.45, 7) is 5.59. The van der Waals surface area contributed by atoms with Gasteiger partial charge in [0.2, 0.25) is 11.8 Å². The summed E-state index contributed by atoms with van der Waals surface area (Å²) >= 11 is 0. The molecule has 3 rings (SSSR count). The Balaban J connectivity index is 1.60. The van der Waals surface area contributed by atoms with Gasteiger partial charge in [0, 0.05) is 26.1 Å². The number of amides is 2. The molecule has 1 heterocycles. The maximum absolute atomic E-state index is 13.3. The summed E-state index contributed by atoms with van der Waals surface area (Å²) in [6.07, 6.45) is 1.02. The molecule has 1 N–H and O–H groups in total. The Morgan fingerprint density at radius 3 is 2.39 bits per heavy atom. The molecule has 0 aliphatic carbocycles. The Hall–Kier alpha value is -2.86. The van der Waals surface area contributed by atoms with Gasteiger partial charge in [0.15, 0.2) is 0 Å². The van der Waals surface area contributed by atoms with Gasteiger partial charge in [0.05, 0.1) is 13.2 Å². The number of carbonyl (C=O) groups excluding carboxylic acids is 2. The first kappa shape index (κ1) is 22.8. The number of ether oxygens (including phenoxy) is 1. The number of nitrogens with zero attached hydrogens (tertiary/aromatic N) is 2. The van der Waals surface area contributed by atoms with Gasteiger partial charge in [0.25, 0.3) is 0 Å². The highest BCUT2D eigenvalue weighted by Gasteiger charge is 2.37. The van der Waals surface area contributed by atoms with E-state index in [1.807, 2.05) is 59.5 Å². The minimum absolute atomic E-state index is 0.0489. The lowest BCUT2D eigenvalue weighted by atomic mass is 9.98. The van der Waals surface area contributed by atoms with Crippen molar-refractivity contribution in [2.75, 3.05) is 33.8 Å². The topological polar surface area (TPSA) is 61.9 Å². The van der Waals surface area contributed by atoms with E-state index in [0.717, 1.165) is 23.4 Å². The van der Waals surface area contributed by atoms with Crippen molar-refractivity contribution in [3.63, 3.8) is 0 Å². The summed E-state index contributed by atoms with van der Waals surface area (Å²) in [4.78, 5) is 29.9. The zero-order valence-corrected chi connectivity index (χ0v) is 18.9. The second kappa shape index (κ2) is 9.96. The molecule has 1 aliphatic heterocycles. The van der Waals surface area contributed by atoms with Gasteiger partial charge in [0.1, 0.15) is 11.3 Å². The monoisotopic (exact) mass is 423 g/mol. The number of likely N-dealkylation sites (N-methyl/N-ethyl adjacent to an activating group) is 1. The van der Waals surface area contributed by atoms with Crippen LogP contribution in [0.4, 0.5) is 0 Å². The quantitative estimate of drug-likeness (QED) is 0.744. The number of methoxy groups -OCH3 is 1. The summed E-state index contributed by atoms with van der Waals surface area (Å²) in [5.74, 6) is 0.657. The number of piperazine rings is 1. The molecule has 6 nitrogen and oxygen atoms in total. The summed E-state index contributed by atoms with van der Waals surface area (Å²) in [5.41, 5.74) is 1.31. The Morgan fingerprint density at radius 2 is 1.74 bits per heavy atom. The van der Waals surface area contributed by atoms with E-state index in [1.54, 1.807) is 21.0 Å². The number of hydrogen-bond acceptors (Lipinski definition) is 4. The Morgan fingerprint density at radius 1 is 1.06 bits per heavy atom. The van der Waals surface area contributed by atoms with Gasteiger partial charge in [-0.25, -0.2) is 0 Å². The van der Waals surface area contributed by atoms with Crippen molar-refractivity contribution < 1.29 is 14.3 Å². The van der Waals surface area contributed by atoms with Crippen molar-refractivity contribution in [1.29, 1.82) is 0 Å². The van der Waals surface area contributed by atoms with E-state index in [4.69, 9.17) is 4.74 Å². The van der Waals surface area contributed by atoms with Crippen LogP contribution in [0.25, 0.3) is 0 Å². The standard InChI is InChI=1S/C25H33N3O3/c1-25(2,26-23(29)15-10-19-8-6-5-7-9-19)24(30)28-17-16-27(3)22(18-28)20-11-13-21(31-4)14-12-20/h5-9,11-14,22H,10,15-18H2,1-4H3,(H,26,29)/t22-/m1/s1. The molecule has 166 valence electrons. The van der Waals surface area contributed by atoms with Gasteiger partial charge in [-0.2, -0.15) is 0 Å². The van der Waals surface area contributed by atoms with E-state index < -0.39 is 5.54 Å². The third kappa shape index (κ3) is 5.85. The van der Waals surface area contributed by atoms with Crippen LogP contribution in [0.1, 0.15) is 37.4 Å². The maximum Gasteiger partial charge on any atom is 0.247 e. The van der Waals surface area contributed by atoms with Crippen LogP contribution in [0, 0.1) is 0 Å². The van der Waals surface area contributed by atoms with Crippen molar-refractivity contribution in [2.24, 2.45) is 0 Å². The molecule has 0 saturated carbocycles. The largest absolute Gasteiger partial charge is 0.497 e. The molecule has 0 aromatic heterocycles. The molecule has 31 heavy (non-hydrogen) atoms. The fourth-order valence-corrected chi connectivity index (χ4v) is 4.01. The molecule has 2 amide bonds. The highest BCUT2D eigenvalue weighted by Crippen LogP contribution is 2.27. The predicted molar refractivity (Wildman–Crippen MR) is 122 cm³/mol. The average Bonchev–Trinajstić information content (AvgIpc) is 2.78. The molecule has 1 atom stereocenters. The van der Waals surface area contributed by atoms with Gasteiger partial charge in [-0.3, -0.25) is 14.5 Å². The van der Waals surface area contributed by atoms with Gasteiger partial charge in [-0.1, -0.05) is 42.5 Å². The highest BCUT2D eigenvalue weighted by molar-refractivity contribution is 5.91. The summed E-state index contributed by atoms with van der Waals surface area (Å²) in [6, 6.07) is 18.0. The van der Waals surface area contributed by atoms with E-state index in [-0.39, 0.29) is 17.9 Å². The van der Waals surface area contributed by atoms with Crippen molar-refractivity contribution in [3.05, 3.63) is 65.7 Å². The molecule has 0 bridgehead atoms. The molecule has 2 aromatic rings. The predicted octanol–water partition coefficient (Wildman–Crippen LogP) is 3.04. The SMILES string of the molecule is COc1ccc([C@H]2CN(C(=O)C(C)(C)NC(=O)CCc3ccccc3)CCN2C)cc1. The summed E-state index contributed by atoms with van der Waals surface area (Å²) < 4.78 is 5.25. The Bertz CT molecular complexity index is 881. The number of nitrogens with one attached hydrogen (secondary N) is 1. The minimum Gasteiger partial charge on any atom is -0.497 e. The van der Waals surface area contributed by atoms with E-state index in [1.165, 1.54) is 0 Å². The molecule has 1 fully saturated rings. The first-order chi connectivity index (χ1) is 14.8. The van der Waals surface area contributed by atoms with Crippen LogP contribution in [0.5, 0.6) is 5.75 Å². The molecular weight excluding hydrogens is 390 g/mol.